The molecule has 3 heterocycles. The number of carbonyl (C=O) groups is 1. The van der Waals surface area contributed by atoms with Crippen molar-refractivity contribution in [3.63, 3.8) is 0 Å². The summed E-state index contributed by atoms with van der Waals surface area (Å²) in [7, 11) is -3.43. The number of rotatable bonds is 11. The number of ether oxygens (including phenoxy) is 3. The smallest absolute Gasteiger partial charge is 0.435 e. The Bertz CT molecular complexity index is 2980. The van der Waals surface area contributed by atoms with Crippen LogP contribution in [0.25, 0.3) is 0 Å². The number of para-hydroxylation sites is 1. The highest BCUT2D eigenvalue weighted by atomic mass is 35.5. The summed E-state index contributed by atoms with van der Waals surface area (Å²) in [5.41, 5.74) is 1.18. The molecule has 0 aliphatic carbocycles. The predicted octanol–water partition coefficient (Wildman–Crippen LogP) is 11.4. The van der Waals surface area contributed by atoms with Crippen molar-refractivity contribution < 1.29 is 76.7 Å². The molecule has 4 aromatic carbocycles. The molecule has 1 aliphatic rings. The number of nitrogens with zero attached hydrogens (tertiary/aromatic N) is 5. The van der Waals surface area contributed by atoms with Gasteiger partial charge in [-0.3, -0.25) is 14.9 Å². The average Bonchev–Trinajstić information content (AvgIpc) is 3.81. The molecule has 16 nitrogen and oxygen atoms in total. The van der Waals surface area contributed by atoms with Crippen LogP contribution in [0.5, 0.6) is 29.0 Å². The number of hydrogen-bond acceptors (Lipinski definition) is 13. The number of aromatic nitrogens is 3. The lowest BCUT2D eigenvalue weighted by molar-refractivity contribution is -0.383. The molecule has 70 heavy (non-hydrogen) atoms. The van der Waals surface area contributed by atoms with Crippen molar-refractivity contribution in [2.75, 3.05) is 11.1 Å². The van der Waals surface area contributed by atoms with Crippen molar-refractivity contribution in [3.8, 4) is 29.0 Å². The fraction of sp³-hybridized carbons (Fsp3) is 0.209. The molecule has 0 radical (unpaired) electrons. The van der Waals surface area contributed by atoms with E-state index in [1.54, 1.807) is 24.3 Å². The van der Waals surface area contributed by atoms with Crippen LogP contribution in [-0.4, -0.2) is 51.3 Å². The number of carbonyl (C=O) groups excluding carboxylic acids is 1. The van der Waals surface area contributed by atoms with Gasteiger partial charge in [-0.05, 0) is 80.6 Å². The molecule has 0 spiro atoms. The van der Waals surface area contributed by atoms with Gasteiger partial charge in [-0.1, -0.05) is 47.1 Å². The van der Waals surface area contributed by atoms with E-state index in [0.29, 0.717) is 16.1 Å². The largest absolute Gasteiger partial charge is 0.456 e. The highest BCUT2D eigenvalue weighted by Gasteiger charge is 2.43. The van der Waals surface area contributed by atoms with E-state index >= 15 is 0 Å². The topological polar surface area (TPSA) is 212 Å². The van der Waals surface area contributed by atoms with Crippen molar-refractivity contribution in [1.82, 2.24) is 14.8 Å². The van der Waals surface area contributed by atoms with Gasteiger partial charge in [0.1, 0.15) is 45.1 Å². The minimum Gasteiger partial charge on any atom is -0.456 e. The number of nitro benzene ring substituents is 1. The van der Waals surface area contributed by atoms with Crippen LogP contribution < -0.4 is 25.3 Å². The number of oxime groups is 1. The molecule has 2 aromatic heterocycles. The third-order valence-corrected chi connectivity index (χ3v) is 10.9. The maximum absolute atomic E-state index is 13.1. The number of aryl methyl sites for hydroxylation is 1. The second-order valence-corrected chi connectivity index (χ2v) is 17.2. The first-order valence-corrected chi connectivity index (χ1v) is 21.6. The number of anilines is 2. The third-order valence-electron chi connectivity index (χ3n) is 8.95. The summed E-state index contributed by atoms with van der Waals surface area (Å²) < 4.78 is 155. The minimum absolute atomic E-state index is 0.0104. The number of halogens is 10. The van der Waals surface area contributed by atoms with Crippen molar-refractivity contribution >= 4 is 49.5 Å². The number of nitrogens with two attached hydrogens (primary N) is 1. The molecule has 0 saturated heterocycles. The fourth-order valence-corrected chi connectivity index (χ4v) is 7.51. The van der Waals surface area contributed by atoms with Crippen LogP contribution in [0.3, 0.4) is 0 Å². The lowest BCUT2D eigenvalue weighted by Crippen LogP contribution is -2.24. The molecule has 0 bridgehead atoms. The molecular weight excluding hydrogens is 997 g/mol. The van der Waals surface area contributed by atoms with Gasteiger partial charge in [-0.15, -0.1) is 0 Å². The number of sulfone groups is 1. The Hall–Kier alpha value is -7.61. The van der Waals surface area contributed by atoms with E-state index in [2.05, 4.69) is 25.3 Å². The predicted molar refractivity (Wildman–Crippen MR) is 234 cm³/mol. The SMILES string of the molecule is Cn1nc(C(F)(F)F)c(CS(=O)(=O)C2=NOC(C)(C)C2)c1OC(F)F.Nc1c([N+](=O)[O-])ccc(Oc2ccccc2)c1Cl.O=C(Nc1ccc(F)cc1)c1cccc(Oc2cccc(C(F)(F)F)c2)n1. The summed E-state index contributed by atoms with van der Waals surface area (Å²) in [6.45, 7) is -0.380. The summed E-state index contributed by atoms with van der Waals surface area (Å²) in [6.07, 6.45) is -9.72. The Morgan fingerprint density at radius 2 is 1.57 bits per heavy atom. The molecule has 0 saturated carbocycles. The first kappa shape index (κ1) is 53.3. The molecule has 27 heteroatoms. The van der Waals surface area contributed by atoms with E-state index in [4.69, 9.17) is 31.6 Å². The van der Waals surface area contributed by atoms with Crippen molar-refractivity contribution in [2.45, 2.75) is 50.6 Å². The molecule has 0 fully saturated rings. The number of benzene rings is 4. The molecule has 1 aliphatic heterocycles. The quantitative estimate of drug-likeness (QED) is 0.0537. The van der Waals surface area contributed by atoms with Crippen LogP contribution in [0.2, 0.25) is 5.02 Å². The van der Waals surface area contributed by atoms with Crippen LogP contribution in [0, 0.1) is 15.9 Å². The molecule has 0 unspecified atom stereocenters. The fourth-order valence-electron chi connectivity index (χ4n) is 5.78. The maximum atomic E-state index is 13.1. The van der Waals surface area contributed by atoms with Gasteiger partial charge in [-0.2, -0.15) is 40.2 Å². The first-order chi connectivity index (χ1) is 32.6. The highest BCUT2D eigenvalue weighted by molar-refractivity contribution is 8.05. The summed E-state index contributed by atoms with van der Waals surface area (Å²) >= 11 is 5.94. The molecule has 0 atom stereocenters. The van der Waals surface area contributed by atoms with Crippen molar-refractivity contribution in [1.29, 1.82) is 0 Å². The number of nitro groups is 1. The average molecular weight is 1030 g/mol. The Morgan fingerprint density at radius 1 is 0.929 bits per heavy atom. The van der Waals surface area contributed by atoms with Crippen LogP contribution in [-0.2, 0) is 39.8 Å². The maximum Gasteiger partial charge on any atom is 0.435 e. The van der Waals surface area contributed by atoms with Crippen molar-refractivity contribution in [3.05, 3.63) is 153 Å². The number of alkyl halides is 8. The van der Waals surface area contributed by atoms with E-state index < -0.39 is 84.5 Å². The van der Waals surface area contributed by atoms with E-state index in [0.717, 1.165) is 19.2 Å². The summed E-state index contributed by atoms with van der Waals surface area (Å²) in [4.78, 5) is 31.2. The van der Waals surface area contributed by atoms with Gasteiger partial charge in [-0.25, -0.2) is 22.5 Å². The summed E-state index contributed by atoms with van der Waals surface area (Å²) in [6, 6.07) is 25.4. The van der Waals surface area contributed by atoms with E-state index in [-0.39, 0.29) is 45.9 Å². The molecule has 372 valence electrons. The van der Waals surface area contributed by atoms with E-state index in [1.807, 2.05) is 6.07 Å². The van der Waals surface area contributed by atoms with Crippen molar-refractivity contribution in [2.24, 2.45) is 12.2 Å². The van der Waals surface area contributed by atoms with E-state index in [9.17, 15) is 62.8 Å². The monoisotopic (exact) mass is 1030 g/mol. The van der Waals surface area contributed by atoms with Gasteiger partial charge in [0.25, 0.3) is 11.6 Å². The van der Waals surface area contributed by atoms with Gasteiger partial charge in [0.05, 0.1) is 21.8 Å². The number of nitrogens with one attached hydrogen (secondary N) is 1. The highest BCUT2D eigenvalue weighted by Crippen LogP contribution is 2.40. The van der Waals surface area contributed by atoms with Crippen LogP contribution in [0.4, 0.5) is 56.6 Å². The van der Waals surface area contributed by atoms with Gasteiger partial charge in [0.2, 0.25) is 11.8 Å². The zero-order chi connectivity index (χ0) is 51.8. The lowest BCUT2D eigenvalue weighted by atomic mass is 10.1. The number of hydrogen-bond donors (Lipinski definition) is 2. The number of nitrogen functional groups attached to an aromatic ring is 1. The van der Waals surface area contributed by atoms with Crippen LogP contribution in [0.1, 0.15) is 47.6 Å². The first-order valence-electron chi connectivity index (χ1n) is 19.5. The molecule has 3 N–H and O–H groups in total. The molecule has 1 amide bonds. The molecule has 6 aromatic rings. The molecular formula is C43H35ClF9N7O9S. The van der Waals surface area contributed by atoms with E-state index in [1.165, 1.54) is 80.6 Å². The second-order valence-electron chi connectivity index (χ2n) is 14.8. The molecule has 7 rings (SSSR count). The zero-order valence-electron chi connectivity index (χ0n) is 36.1. The Balaban J connectivity index is 0.000000200. The normalized spacial score (nSPS) is 13.1. The Morgan fingerprint density at radius 3 is 2.16 bits per heavy atom. The van der Waals surface area contributed by atoms with Gasteiger partial charge < -0.3 is 30.1 Å². The Kier molecular flexibility index (Phi) is 16.6. The summed E-state index contributed by atoms with van der Waals surface area (Å²) in [5, 5.41) is 19.2. The number of pyridine rings is 1. The minimum atomic E-state index is -5.06. The van der Waals surface area contributed by atoms with Crippen LogP contribution >= 0.6 is 11.6 Å². The van der Waals surface area contributed by atoms with Crippen LogP contribution in [0.15, 0.2) is 114 Å². The Labute approximate surface area is 395 Å². The van der Waals surface area contributed by atoms with Gasteiger partial charge >= 0.3 is 19.0 Å². The van der Waals surface area contributed by atoms with Gasteiger partial charge in [0, 0.05) is 31.3 Å². The second kappa shape index (κ2) is 21.8. The lowest BCUT2D eigenvalue weighted by Gasteiger charge is -2.13. The standard InChI is InChI=1S/C19H12F4N2O2.C12H9ClN2O3.C12H14F5N3O4S/c20-13-7-9-14(10-8-13)24-18(26)16-5-2-6-17(25-16)27-15-4-1-3-12(11-15)19(21,22)23;13-11-10(18-8-4-2-1-3-5-8)7-6-9(12(11)14)15(16)17;1-11(2)4-7(19-24-11)25(21,22)5-6-8(12(15,16)17)18-20(3)9(6)23-10(13)14/h1-11H,(H,24,26);1-7H,14H2;10H,4-5H2,1-3H3. The third kappa shape index (κ3) is 14.5. The summed E-state index contributed by atoms with van der Waals surface area (Å²) in [5.74, 6) is -2.49. The number of amides is 1. The zero-order valence-corrected chi connectivity index (χ0v) is 37.6. The van der Waals surface area contributed by atoms with Gasteiger partial charge in [0.15, 0.2) is 20.6 Å².